The molecule has 0 N–H and O–H groups in total. The molecule has 0 aromatic heterocycles. The van der Waals surface area contributed by atoms with Gasteiger partial charge in [-0.25, -0.2) is 0 Å². The van der Waals surface area contributed by atoms with Gasteiger partial charge in [-0.2, -0.15) is 0 Å². The molecule has 0 spiro atoms. The molecule has 2 aliphatic heterocycles. The van der Waals surface area contributed by atoms with E-state index < -0.39 is 0 Å². The van der Waals surface area contributed by atoms with Crippen molar-refractivity contribution in [2.24, 2.45) is 23.7 Å². The zero-order chi connectivity index (χ0) is 24.2. The summed E-state index contributed by atoms with van der Waals surface area (Å²) in [7, 11) is 0. The molecule has 202 valence electrons. The van der Waals surface area contributed by atoms with Gasteiger partial charge in [0.15, 0.2) is 0 Å². The quantitative estimate of drug-likeness (QED) is 0.124. The van der Waals surface area contributed by atoms with Crippen LogP contribution in [0.1, 0.15) is 128 Å². The minimum Gasteiger partial charge on any atom is -0.304 e. The van der Waals surface area contributed by atoms with Crippen LogP contribution in [0.5, 0.6) is 0 Å². The van der Waals surface area contributed by atoms with Crippen LogP contribution >= 0.6 is 0 Å². The Kier molecular flexibility index (Phi) is 9.38. The number of hydrogen-bond donors (Lipinski definition) is 0. The lowest BCUT2D eigenvalue weighted by Gasteiger charge is -2.32. The Morgan fingerprint density at radius 1 is 0.389 bits per heavy atom. The van der Waals surface area contributed by atoms with Crippen LogP contribution < -0.4 is 0 Å². The molecule has 6 fully saturated rings. The van der Waals surface area contributed by atoms with Gasteiger partial charge >= 0.3 is 13.8 Å². The normalized spacial score (nSPS) is 40.0. The number of unbranched alkanes of at least 4 members (excludes halogenated alkanes) is 3. The first kappa shape index (κ1) is 26.2. The number of fused-ring (bicyclic) bond motifs is 6. The first-order valence-electron chi connectivity index (χ1n) is 16.5. The zero-order valence-electron chi connectivity index (χ0n) is 23.0. The van der Waals surface area contributed by atoms with Gasteiger partial charge in [0.2, 0.25) is 0 Å². The van der Waals surface area contributed by atoms with Crippen LogP contribution in [-0.2, 0) is 19.4 Å². The Balaban J connectivity index is 0.840. The average Bonchev–Trinajstić information content (AvgIpc) is 3.43. The van der Waals surface area contributed by atoms with E-state index >= 15 is 0 Å². The SMILES string of the molecule is C(CCCOOB1C2CCCCC2C2CCCCC12)CCOOB1C2CCCCC2C2CCCCC12. The van der Waals surface area contributed by atoms with Gasteiger partial charge in [0.05, 0.1) is 13.2 Å². The minimum absolute atomic E-state index is 0.384. The van der Waals surface area contributed by atoms with E-state index in [1.807, 2.05) is 0 Å². The summed E-state index contributed by atoms with van der Waals surface area (Å²) in [5.41, 5.74) is 0. The summed E-state index contributed by atoms with van der Waals surface area (Å²) in [4.78, 5) is 24.1. The fraction of sp³-hybridized carbons (Fsp3) is 1.00. The van der Waals surface area contributed by atoms with Crippen molar-refractivity contribution in [3.63, 3.8) is 0 Å². The van der Waals surface area contributed by atoms with E-state index in [4.69, 9.17) is 19.4 Å². The lowest BCUT2D eigenvalue weighted by molar-refractivity contribution is -0.218. The maximum Gasteiger partial charge on any atom is 0.347 e. The molecule has 4 aliphatic carbocycles. The molecular weight excluding hydrogens is 446 g/mol. The van der Waals surface area contributed by atoms with Crippen molar-refractivity contribution >= 4 is 13.8 Å². The molecule has 6 aliphatic rings. The van der Waals surface area contributed by atoms with E-state index in [9.17, 15) is 0 Å². The number of hydrogen-bond acceptors (Lipinski definition) is 4. The summed E-state index contributed by atoms with van der Waals surface area (Å²) in [5, 5.41) is 0. The van der Waals surface area contributed by atoms with Crippen LogP contribution in [0.3, 0.4) is 0 Å². The largest absolute Gasteiger partial charge is 0.347 e. The molecule has 6 rings (SSSR count). The van der Waals surface area contributed by atoms with Gasteiger partial charge in [0.25, 0.3) is 0 Å². The van der Waals surface area contributed by atoms with E-state index in [-0.39, 0.29) is 0 Å². The van der Waals surface area contributed by atoms with Crippen LogP contribution in [0, 0.1) is 23.7 Å². The number of rotatable bonds is 11. The lowest BCUT2D eigenvalue weighted by atomic mass is 9.47. The predicted octanol–water partition coefficient (Wildman–Crippen LogP) is 8.70. The Labute approximate surface area is 221 Å². The fourth-order valence-corrected chi connectivity index (χ4v) is 10.4. The fourth-order valence-electron chi connectivity index (χ4n) is 10.4. The van der Waals surface area contributed by atoms with E-state index in [0.29, 0.717) is 13.8 Å². The minimum atomic E-state index is 0.384. The van der Waals surface area contributed by atoms with Gasteiger partial charge < -0.3 is 9.61 Å². The van der Waals surface area contributed by atoms with E-state index in [2.05, 4.69) is 0 Å². The summed E-state index contributed by atoms with van der Waals surface area (Å²) < 4.78 is 0. The monoisotopic (exact) mass is 498 g/mol. The van der Waals surface area contributed by atoms with Crippen molar-refractivity contribution in [2.75, 3.05) is 13.2 Å². The molecule has 0 aromatic rings. The third-order valence-corrected chi connectivity index (χ3v) is 11.9. The Bertz CT molecular complexity index is 579. The van der Waals surface area contributed by atoms with Crippen LogP contribution in [0.25, 0.3) is 0 Å². The van der Waals surface area contributed by atoms with Crippen molar-refractivity contribution < 1.29 is 19.4 Å². The molecule has 4 nitrogen and oxygen atoms in total. The summed E-state index contributed by atoms with van der Waals surface area (Å²) in [5.74, 6) is 6.81. The van der Waals surface area contributed by atoms with Gasteiger partial charge in [0, 0.05) is 0 Å². The van der Waals surface area contributed by atoms with Crippen LogP contribution in [0.4, 0.5) is 0 Å². The average molecular weight is 498 g/mol. The standard InChI is InChI=1S/C30H52B2O4/c1(11-21-33-35-31-27-17-7-3-13-23(27)24-14-4-8-18-28(24)31)2-12-22-34-36-32-29-19-9-5-15-25(29)26-16-6-10-20-30(26)32/h23-30H,1-22H2. The maximum atomic E-state index is 6.19. The van der Waals surface area contributed by atoms with Crippen molar-refractivity contribution in [3.8, 4) is 0 Å². The van der Waals surface area contributed by atoms with Crippen LogP contribution in [-0.4, -0.2) is 27.0 Å². The topological polar surface area (TPSA) is 36.9 Å². The molecule has 4 saturated carbocycles. The summed E-state index contributed by atoms with van der Waals surface area (Å²) in [6.45, 7) is 2.26. The molecule has 8 atom stereocenters. The first-order chi connectivity index (χ1) is 17.9. The summed E-state index contributed by atoms with van der Waals surface area (Å²) in [6.07, 6.45) is 27.2. The maximum absolute atomic E-state index is 6.19. The second kappa shape index (κ2) is 12.9. The molecule has 6 heteroatoms. The molecular formula is C30H52B2O4. The molecule has 0 bridgehead atoms. The lowest BCUT2D eigenvalue weighted by Crippen LogP contribution is -2.28. The molecule has 2 saturated heterocycles. The highest BCUT2D eigenvalue weighted by atomic mass is 17.2. The smallest absolute Gasteiger partial charge is 0.304 e. The van der Waals surface area contributed by atoms with Gasteiger partial charge in [-0.15, -0.1) is 0 Å². The van der Waals surface area contributed by atoms with Crippen molar-refractivity contribution in [3.05, 3.63) is 0 Å². The second-order valence-corrected chi connectivity index (χ2v) is 13.6. The van der Waals surface area contributed by atoms with Crippen molar-refractivity contribution in [2.45, 2.75) is 152 Å². The third kappa shape index (κ3) is 5.63. The van der Waals surface area contributed by atoms with Gasteiger partial charge in [0.1, 0.15) is 0 Å². The second-order valence-electron chi connectivity index (χ2n) is 13.6. The zero-order valence-corrected chi connectivity index (χ0v) is 23.0. The Hall–Kier alpha value is -0.0301. The molecule has 2 heterocycles. The van der Waals surface area contributed by atoms with E-state index in [0.717, 1.165) is 73.0 Å². The Morgan fingerprint density at radius 3 is 1.03 bits per heavy atom. The van der Waals surface area contributed by atoms with E-state index in [1.165, 1.54) is 116 Å². The third-order valence-electron chi connectivity index (χ3n) is 11.9. The molecule has 8 unspecified atom stereocenters. The molecule has 0 amide bonds. The molecule has 0 radical (unpaired) electrons. The van der Waals surface area contributed by atoms with Crippen LogP contribution in [0.2, 0.25) is 23.3 Å². The highest BCUT2D eigenvalue weighted by Gasteiger charge is 2.56. The first-order valence-corrected chi connectivity index (χ1v) is 16.5. The van der Waals surface area contributed by atoms with Crippen LogP contribution in [0.15, 0.2) is 0 Å². The molecule has 36 heavy (non-hydrogen) atoms. The highest BCUT2D eigenvalue weighted by Crippen LogP contribution is 2.60. The van der Waals surface area contributed by atoms with Crippen molar-refractivity contribution in [1.29, 1.82) is 0 Å². The van der Waals surface area contributed by atoms with Gasteiger partial charge in [-0.05, 0) is 59.8 Å². The van der Waals surface area contributed by atoms with Crippen molar-refractivity contribution in [1.82, 2.24) is 0 Å². The summed E-state index contributed by atoms with van der Waals surface area (Å²) >= 11 is 0. The van der Waals surface area contributed by atoms with Gasteiger partial charge in [-0.1, -0.05) is 116 Å². The highest BCUT2D eigenvalue weighted by molar-refractivity contribution is 6.57. The summed E-state index contributed by atoms with van der Waals surface area (Å²) in [6, 6.07) is 0. The van der Waals surface area contributed by atoms with E-state index in [1.54, 1.807) is 0 Å². The van der Waals surface area contributed by atoms with Gasteiger partial charge in [-0.3, -0.25) is 9.78 Å². The predicted molar refractivity (Wildman–Crippen MR) is 147 cm³/mol. The Morgan fingerprint density at radius 2 is 0.694 bits per heavy atom. The molecule has 0 aromatic carbocycles.